The van der Waals surface area contributed by atoms with Crippen LogP contribution in [0.25, 0.3) is 0 Å². The minimum Gasteiger partial charge on any atom is -0.466 e. The molecule has 0 bridgehead atoms. The van der Waals surface area contributed by atoms with Gasteiger partial charge in [-0.1, -0.05) is 0 Å². The molecule has 1 rings (SSSR count). The summed E-state index contributed by atoms with van der Waals surface area (Å²) in [6, 6.07) is 0.0743. The smallest absolute Gasteiger partial charge is 0.308 e. The monoisotopic (exact) mass is 295 g/mol. The third kappa shape index (κ3) is 4.09. The average molecular weight is 295 g/mol. The predicted molar refractivity (Wildman–Crippen MR) is 62.0 cm³/mol. The maximum Gasteiger partial charge on any atom is 0.308 e. The van der Waals surface area contributed by atoms with Crippen molar-refractivity contribution in [3.63, 3.8) is 0 Å². The van der Waals surface area contributed by atoms with Gasteiger partial charge in [0.1, 0.15) is 5.69 Å². The van der Waals surface area contributed by atoms with Gasteiger partial charge in [0.2, 0.25) is 0 Å². The maximum atomic E-state index is 13.3. The van der Waals surface area contributed by atoms with Gasteiger partial charge in [0.05, 0.1) is 19.1 Å². The highest BCUT2D eigenvalue weighted by Gasteiger charge is 2.20. The van der Waals surface area contributed by atoms with Crippen LogP contribution < -0.4 is 5.32 Å². The van der Waals surface area contributed by atoms with Gasteiger partial charge in [-0.25, -0.2) is 17.6 Å². The lowest BCUT2D eigenvalue weighted by atomic mass is 10.2. The van der Waals surface area contributed by atoms with Crippen molar-refractivity contribution in [3.8, 4) is 0 Å². The van der Waals surface area contributed by atoms with Gasteiger partial charge in [-0.15, -0.1) is 0 Å². The highest BCUT2D eigenvalue weighted by Crippen LogP contribution is 2.24. The third-order valence-electron chi connectivity index (χ3n) is 2.33. The van der Waals surface area contributed by atoms with Crippen LogP contribution in [-0.2, 0) is 9.53 Å². The number of anilines is 1. The second kappa shape index (κ2) is 7.09. The number of aliphatic hydroxyl groups is 1. The molecule has 0 amide bonds. The van der Waals surface area contributed by atoms with Crippen LogP contribution in [0.15, 0.2) is 6.07 Å². The van der Waals surface area contributed by atoms with E-state index >= 15 is 0 Å². The first kappa shape index (κ1) is 16.2. The first-order valence-electron chi connectivity index (χ1n) is 5.77. The Morgan fingerprint density at radius 1 is 1.30 bits per heavy atom. The quantitative estimate of drug-likeness (QED) is 0.478. The number of hydrogen-bond donors (Lipinski definition) is 2. The van der Waals surface area contributed by atoms with Crippen molar-refractivity contribution in [3.05, 3.63) is 29.3 Å². The molecular weight excluding hydrogens is 282 g/mol. The topological polar surface area (TPSA) is 58.6 Å². The summed E-state index contributed by atoms with van der Waals surface area (Å²) in [6.45, 7) is 1.22. The first-order valence-corrected chi connectivity index (χ1v) is 5.77. The second-order valence-electron chi connectivity index (χ2n) is 3.89. The van der Waals surface area contributed by atoms with Gasteiger partial charge in [-0.3, -0.25) is 4.79 Å². The zero-order valence-electron chi connectivity index (χ0n) is 10.6. The van der Waals surface area contributed by atoms with E-state index in [1.54, 1.807) is 6.92 Å². The zero-order valence-corrected chi connectivity index (χ0v) is 10.6. The van der Waals surface area contributed by atoms with Crippen molar-refractivity contribution in [1.82, 2.24) is 0 Å². The van der Waals surface area contributed by atoms with Crippen LogP contribution in [-0.4, -0.2) is 30.3 Å². The Hall–Kier alpha value is -1.83. The SMILES string of the molecule is CCOC(=O)CC(O)CNc1c(F)c(F)cc(F)c1F. The van der Waals surface area contributed by atoms with Crippen molar-refractivity contribution in [2.75, 3.05) is 18.5 Å². The van der Waals surface area contributed by atoms with Crippen molar-refractivity contribution >= 4 is 11.7 Å². The van der Waals surface area contributed by atoms with E-state index in [0.29, 0.717) is 0 Å². The minimum atomic E-state index is -1.60. The number of carbonyl (C=O) groups is 1. The van der Waals surface area contributed by atoms with Crippen LogP contribution in [0.1, 0.15) is 13.3 Å². The van der Waals surface area contributed by atoms with Gasteiger partial charge in [-0.05, 0) is 6.92 Å². The highest BCUT2D eigenvalue weighted by molar-refractivity contribution is 5.70. The van der Waals surface area contributed by atoms with Crippen LogP contribution in [0.3, 0.4) is 0 Å². The molecule has 1 atom stereocenters. The lowest BCUT2D eigenvalue weighted by Gasteiger charge is -2.13. The fraction of sp³-hybridized carbons (Fsp3) is 0.417. The molecular formula is C12H13F4NO3. The van der Waals surface area contributed by atoms with Crippen LogP contribution in [0.5, 0.6) is 0 Å². The molecule has 0 heterocycles. The van der Waals surface area contributed by atoms with E-state index in [9.17, 15) is 27.5 Å². The summed E-state index contributed by atoms with van der Waals surface area (Å²) in [4.78, 5) is 11.0. The van der Waals surface area contributed by atoms with E-state index in [4.69, 9.17) is 0 Å². The normalized spacial score (nSPS) is 12.1. The predicted octanol–water partition coefficient (Wildman–Crippen LogP) is 1.97. The molecule has 0 saturated heterocycles. The van der Waals surface area contributed by atoms with E-state index in [1.165, 1.54) is 0 Å². The fourth-order valence-electron chi connectivity index (χ4n) is 1.43. The van der Waals surface area contributed by atoms with Crippen LogP contribution >= 0.6 is 0 Å². The number of aliphatic hydroxyl groups excluding tert-OH is 1. The number of nitrogens with one attached hydrogen (secondary N) is 1. The number of hydrogen-bond acceptors (Lipinski definition) is 4. The van der Waals surface area contributed by atoms with Gasteiger partial charge in [0, 0.05) is 12.6 Å². The molecule has 0 aliphatic heterocycles. The molecule has 1 aromatic rings. The molecule has 0 saturated carbocycles. The molecule has 0 aliphatic carbocycles. The molecule has 112 valence electrons. The number of ether oxygens (including phenoxy) is 1. The van der Waals surface area contributed by atoms with Crippen molar-refractivity contribution in [2.45, 2.75) is 19.4 Å². The van der Waals surface area contributed by atoms with Gasteiger partial charge in [-0.2, -0.15) is 0 Å². The average Bonchev–Trinajstić information content (AvgIpc) is 2.36. The Labute approximate surface area is 112 Å². The number of carbonyl (C=O) groups excluding carboxylic acids is 1. The molecule has 8 heteroatoms. The standard InChI is InChI=1S/C12H13F4NO3/c1-2-20-9(19)3-6(18)5-17-12-10(15)7(13)4-8(14)11(12)16/h4,6,17-18H,2-3,5H2,1H3. The number of benzene rings is 1. The Morgan fingerprint density at radius 2 is 1.85 bits per heavy atom. The largest absolute Gasteiger partial charge is 0.466 e. The lowest BCUT2D eigenvalue weighted by molar-refractivity contribution is -0.145. The van der Waals surface area contributed by atoms with Gasteiger partial charge >= 0.3 is 5.97 Å². The molecule has 0 spiro atoms. The molecule has 0 aliphatic rings. The molecule has 1 unspecified atom stereocenters. The minimum absolute atomic E-state index is 0.0743. The van der Waals surface area contributed by atoms with Crippen molar-refractivity contribution in [1.29, 1.82) is 0 Å². The van der Waals surface area contributed by atoms with Gasteiger partial charge in [0.15, 0.2) is 23.3 Å². The first-order chi connectivity index (χ1) is 9.36. The van der Waals surface area contributed by atoms with Gasteiger partial charge < -0.3 is 15.2 Å². The Bertz CT molecular complexity index is 470. The summed E-state index contributed by atoms with van der Waals surface area (Å²) in [5, 5.41) is 11.5. The summed E-state index contributed by atoms with van der Waals surface area (Å²) in [7, 11) is 0. The fourth-order valence-corrected chi connectivity index (χ4v) is 1.43. The molecule has 0 aromatic heterocycles. The van der Waals surface area contributed by atoms with Crippen LogP contribution in [0, 0.1) is 23.3 Å². The Kier molecular flexibility index (Phi) is 5.75. The van der Waals surface area contributed by atoms with E-state index in [1.807, 2.05) is 5.32 Å². The lowest BCUT2D eigenvalue weighted by Crippen LogP contribution is -2.25. The van der Waals surface area contributed by atoms with Crippen molar-refractivity contribution in [2.24, 2.45) is 0 Å². The summed E-state index contributed by atoms with van der Waals surface area (Å²) in [6.07, 6.45) is -1.74. The molecule has 0 fully saturated rings. The Morgan fingerprint density at radius 3 is 2.35 bits per heavy atom. The molecule has 20 heavy (non-hydrogen) atoms. The third-order valence-corrected chi connectivity index (χ3v) is 2.33. The van der Waals surface area contributed by atoms with Crippen LogP contribution in [0.2, 0.25) is 0 Å². The molecule has 2 N–H and O–H groups in total. The molecule has 1 aromatic carbocycles. The molecule has 4 nitrogen and oxygen atoms in total. The maximum absolute atomic E-state index is 13.3. The van der Waals surface area contributed by atoms with Crippen molar-refractivity contribution < 1.29 is 32.2 Å². The van der Waals surface area contributed by atoms with E-state index < -0.39 is 54.0 Å². The summed E-state index contributed by atoms with van der Waals surface area (Å²) >= 11 is 0. The van der Waals surface area contributed by atoms with Gasteiger partial charge in [0.25, 0.3) is 0 Å². The highest BCUT2D eigenvalue weighted by atomic mass is 19.2. The second-order valence-corrected chi connectivity index (χ2v) is 3.89. The number of esters is 1. The number of halogens is 4. The van der Waals surface area contributed by atoms with E-state index in [-0.39, 0.29) is 12.7 Å². The zero-order chi connectivity index (χ0) is 15.3. The summed E-state index contributed by atoms with van der Waals surface area (Å²) < 4.78 is 56.9. The van der Waals surface area contributed by atoms with E-state index in [0.717, 1.165) is 0 Å². The number of rotatable bonds is 6. The van der Waals surface area contributed by atoms with Crippen LogP contribution in [0.4, 0.5) is 23.2 Å². The summed E-state index contributed by atoms with van der Waals surface area (Å²) in [5.41, 5.74) is -1.04. The Balaban J connectivity index is 2.68. The van der Waals surface area contributed by atoms with E-state index in [2.05, 4.69) is 4.74 Å². The summed E-state index contributed by atoms with van der Waals surface area (Å²) in [5.74, 6) is -7.04. The molecule has 0 radical (unpaired) electrons.